The molecular weight excluding hydrogens is 254 g/mol. The lowest BCUT2D eigenvalue weighted by Crippen LogP contribution is -1.96. The van der Waals surface area contributed by atoms with Crippen LogP contribution in [0.3, 0.4) is 0 Å². The molecule has 106 valence electrons. The van der Waals surface area contributed by atoms with E-state index >= 15 is 0 Å². The second kappa shape index (κ2) is 6.32. The first-order valence-electron chi connectivity index (χ1n) is 6.77. The zero-order chi connectivity index (χ0) is 14.5. The van der Waals surface area contributed by atoms with Crippen molar-refractivity contribution in [3.63, 3.8) is 0 Å². The largest absolute Gasteiger partial charge is 0.481 e. The Labute approximate surface area is 118 Å². The van der Waals surface area contributed by atoms with Crippen molar-refractivity contribution in [2.75, 3.05) is 0 Å². The Balaban J connectivity index is 1.97. The van der Waals surface area contributed by atoms with E-state index in [0.29, 0.717) is 6.42 Å². The number of aryl methyl sites for hydroxylation is 3. The fourth-order valence-corrected chi connectivity index (χ4v) is 1.99. The van der Waals surface area contributed by atoms with Crippen molar-refractivity contribution in [3.05, 3.63) is 41.2 Å². The average Bonchev–Trinajstić information content (AvgIpc) is 2.86. The van der Waals surface area contributed by atoms with E-state index in [-0.39, 0.29) is 6.42 Å². The molecule has 0 spiro atoms. The minimum Gasteiger partial charge on any atom is -0.481 e. The third-order valence-electron chi connectivity index (χ3n) is 3.37. The van der Waals surface area contributed by atoms with E-state index in [9.17, 15) is 4.79 Å². The number of carbonyl (C=O) groups is 1. The van der Waals surface area contributed by atoms with Crippen molar-refractivity contribution in [2.45, 2.75) is 39.5 Å². The number of hydrogen-bond donors (Lipinski definition) is 1. The van der Waals surface area contributed by atoms with Gasteiger partial charge in [0.2, 0.25) is 0 Å². The van der Waals surface area contributed by atoms with Crippen LogP contribution in [0.4, 0.5) is 0 Å². The maximum Gasteiger partial charge on any atom is 0.303 e. The molecule has 0 saturated heterocycles. The van der Waals surface area contributed by atoms with Crippen LogP contribution >= 0.6 is 0 Å². The summed E-state index contributed by atoms with van der Waals surface area (Å²) in [6.45, 7) is 4.15. The fraction of sp³-hybridized carbons (Fsp3) is 0.400. The molecule has 5 heteroatoms. The summed E-state index contributed by atoms with van der Waals surface area (Å²) in [6.07, 6.45) is 4.37. The van der Waals surface area contributed by atoms with Gasteiger partial charge in [-0.1, -0.05) is 11.3 Å². The Morgan fingerprint density at radius 2 is 2.05 bits per heavy atom. The molecule has 5 nitrogen and oxygen atoms in total. The standard InChI is InChI=1S/C15H19N3O2/c1-11-7-8-14(9-12(11)2)18-10-13(16-17-18)5-3-4-6-15(19)20/h7-10H,3-6H2,1-2H3,(H,19,20). The van der Waals surface area contributed by atoms with Crippen LogP contribution in [-0.2, 0) is 11.2 Å². The quantitative estimate of drug-likeness (QED) is 0.822. The van der Waals surface area contributed by atoms with Crippen molar-refractivity contribution in [1.29, 1.82) is 0 Å². The molecule has 0 aliphatic rings. The molecule has 0 aliphatic heterocycles. The van der Waals surface area contributed by atoms with Gasteiger partial charge in [-0.2, -0.15) is 0 Å². The first-order valence-corrected chi connectivity index (χ1v) is 6.77. The molecule has 0 bridgehead atoms. The second-order valence-corrected chi connectivity index (χ2v) is 5.02. The molecule has 0 atom stereocenters. The van der Waals surface area contributed by atoms with Crippen LogP contribution in [0.25, 0.3) is 5.69 Å². The number of rotatable bonds is 6. The van der Waals surface area contributed by atoms with Gasteiger partial charge in [0.15, 0.2) is 0 Å². The van der Waals surface area contributed by atoms with Crippen LogP contribution in [0.5, 0.6) is 0 Å². The maximum absolute atomic E-state index is 10.4. The van der Waals surface area contributed by atoms with Crippen LogP contribution in [0.2, 0.25) is 0 Å². The number of aliphatic carboxylic acids is 1. The molecule has 20 heavy (non-hydrogen) atoms. The van der Waals surface area contributed by atoms with Crippen molar-refractivity contribution < 1.29 is 9.90 Å². The molecule has 2 rings (SSSR count). The lowest BCUT2D eigenvalue weighted by Gasteiger charge is -2.03. The number of aromatic nitrogens is 3. The number of nitrogens with zero attached hydrogens (tertiary/aromatic N) is 3. The lowest BCUT2D eigenvalue weighted by molar-refractivity contribution is -0.137. The normalized spacial score (nSPS) is 10.7. The minimum atomic E-state index is -0.746. The van der Waals surface area contributed by atoms with E-state index in [1.807, 2.05) is 12.3 Å². The predicted molar refractivity (Wildman–Crippen MR) is 76.0 cm³/mol. The van der Waals surface area contributed by atoms with Gasteiger partial charge in [0.05, 0.1) is 17.6 Å². The third kappa shape index (κ3) is 3.66. The van der Waals surface area contributed by atoms with Gasteiger partial charge >= 0.3 is 5.97 Å². The van der Waals surface area contributed by atoms with Crippen molar-refractivity contribution in [2.24, 2.45) is 0 Å². The SMILES string of the molecule is Cc1ccc(-n2cc(CCCCC(=O)O)nn2)cc1C. The first kappa shape index (κ1) is 14.2. The molecule has 1 heterocycles. The van der Waals surface area contributed by atoms with E-state index < -0.39 is 5.97 Å². The smallest absolute Gasteiger partial charge is 0.303 e. The van der Waals surface area contributed by atoms with E-state index in [1.54, 1.807) is 4.68 Å². The summed E-state index contributed by atoms with van der Waals surface area (Å²) in [6, 6.07) is 6.17. The van der Waals surface area contributed by atoms with Gasteiger partial charge in [-0.25, -0.2) is 4.68 Å². The van der Waals surface area contributed by atoms with Crippen LogP contribution in [-0.4, -0.2) is 26.1 Å². The summed E-state index contributed by atoms with van der Waals surface area (Å²) in [5.41, 5.74) is 4.37. The molecule has 0 fully saturated rings. The predicted octanol–water partition coefficient (Wildman–Crippen LogP) is 2.68. The highest BCUT2D eigenvalue weighted by Gasteiger charge is 2.05. The first-order chi connectivity index (χ1) is 9.56. The minimum absolute atomic E-state index is 0.214. The molecule has 0 unspecified atom stereocenters. The Morgan fingerprint density at radius 3 is 2.75 bits per heavy atom. The summed E-state index contributed by atoms with van der Waals surface area (Å²) in [5, 5.41) is 16.8. The van der Waals surface area contributed by atoms with Gasteiger partial charge in [-0.05, 0) is 56.4 Å². The summed E-state index contributed by atoms with van der Waals surface area (Å²) in [7, 11) is 0. The van der Waals surface area contributed by atoms with Gasteiger partial charge in [0.25, 0.3) is 0 Å². The summed E-state index contributed by atoms with van der Waals surface area (Å²) >= 11 is 0. The highest BCUT2D eigenvalue weighted by Crippen LogP contribution is 2.14. The zero-order valence-corrected chi connectivity index (χ0v) is 11.8. The molecule has 1 aromatic carbocycles. The van der Waals surface area contributed by atoms with Crippen LogP contribution in [0, 0.1) is 13.8 Å². The monoisotopic (exact) mass is 273 g/mol. The van der Waals surface area contributed by atoms with Gasteiger partial charge in [0.1, 0.15) is 0 Å². The van der Waals surface area contributed by atoms with E-state index in [2.05, 4.69) is 36.3 Å². The Hall–Kier alpha value is -2.17. The molecule has 1 aromatic heterocycles. The Kier molecular flexibility index (Phi) is 4.50. The highest BCUT2D eigenvalue weighted by atomic mass is 16.4. The van der Waals surface area contributed by atoms with E-state index in [4.69, 9.17) is 5.11 Å². The number of unbranched alkanes of at least 4 members (excludes halogenated alkanes) is 1. The number of carboxylic acids is 1. The summed E-state index contributed by atoms with van der Waals surface area (Å²) in [4.78, 5) is 10.4. The number of benzene rings is 1. The van der Waals surface area contributed by atoms with Crippen LogP contribution in [0.1, 0.15) is 36.1 Å². The molecule has 2 aromatic rings. The summed E-state index contributed by atoms with van der Waals surface area (Å²) < 4.78 is 1.76. The fourth-order valence-electron chi connectivity index (χ4n) is 1.99. The molecule has 0 radical (unpaired) electrons. The van der Waals surface area contributed by atoms with Crippen LogP contribution < -0.4 is 0 Å². The van der Waals surface area contributed by atoms with Crippen molar-refractivity contribution in [1.82, 2.24) is 15.0 Å². The Morgan fingerprint density at radius 1 is 1.25 bits per heavy atom. The van der Waals surface area contributed by atoms with E-state index in [1.165, 1.54) is 11.1 Å². The molecule has 1 N–H and O–H groups in total. The van der Waals surface area contributed by atoms with Gasteiger partial charge in [-0.3, -0.25) is 4.79 Å². The number of hydrogen-bond acceptors (Lipinski definition) is 3. The second-order valence-electron chi connectivity index (χ2n) is 5.02. The van der Waals surface area contributed by atoms with Gasteiger partial charge < -0.3 is 5.11 Å². The van der Waals surface area contributed by atoms with Crippen LogP contribution in [0.15, 0.2) is 24.4 Å². The van der Waals surface area contributed by atoms with Gasteiger partial charge in [0, 0.05) is 6.42 Å². The van der Waals surface area contributed by atoms with E-state index in [0.717, 1.165) is 24.2 Å². The molecular formula is C15H19N3O2. The highest BCUT2D eigenvalue weighted by molar-refractivity contribution is 5.66. The third-order valence-corrected chi connectivity index (χ3v) is 3.37. The maximum atomic E-state index is 10.4. The molecule has 0 amide bonds. The number of carboxylic acid groups (broad SMARTS) is 1. The molecule has 0 aliphatic carbocycles. The van der Waals surface area contributed by atoms with Crippen molar-refractivity contribution >= 4 is 5.97 Å². The Bertz CT molecular complexity index is 605. The molecule has 0 saturated carbocycles. The topological polar surface area (TPSA) is 68.0 Å². The van der Waals surface area contributed by atoms with Gasteiger partial charge in [-0.15, -0.1) is 5.10 Å². The van der Waals surface area contributed by atoms with Crippen molar-refractivity contribution in [3.8, 4) is 5.69 Å². The average molecular weight is 273 g/mol. The summed E-state index contributed by atoms with van der Waals surface area (Å²) in [5.74, 6) is -0.746. The zero-order valence-electron chi connectivity index (χ0n) is 11.8. The lowest BCUT2D eigenvalue weighted by atomic mass is 10.1.